The topological polar surface area (TPSA) is 58.3 Å². The molecule has 0 bridgehead atoms. The summed E-state index contributed by atoms with van der Waals surface area (Å²) in [7, 11) is 0. The first-order valence-corrected chi connectivity index (χ1v) is 3.99. The van der Waals surface area contributed by atoms with Gasteiger partial charge in [-0.15, -0.1) is 0 Å². The molecule has 0 fully saturated rings. The Morgan fingerprint density at radius 1 is 1.54 bits per heavy atom. The molecule has 1 unspecified atom stereocenters. The second-order valence-electron chi connectivity index (χ2n) is 3.13. The number of rotatable bonds is 3. The van der Waals surface area contributed by atoms with E-state index >= 15 is 0 Å². The van der Waals surface area contributed by atoms with E-state index in [1.54, 1.807) is 12.1 Å². The molecule has 1 aromatic carbocycles. The molecule has 0 radical (unpaired) electrons. The molecule has 0 saturated carbocycles. The van der Waals surface area contributed by atoms with Gasteiger partial charge in [-0.1, -0.05) is 18.2 Å². The summed E-state index contributed by atoms with van der Waals surface area (Å²) in [4.78, 5) is 0. The van der Waals surface area contributed by atoms with Crippen molar-refractivity contribution in [3.63, 3.8) is 0 Å². The first-order chi connectivity index (χ1) is 6.08. The van der Waals surface area contributed by atoms with Crippen LogP contribution in [0.15, 0.2) is 24.3 Å². The molecule has 1 atom stereocenters. The maximum absolute atomic E-state index is 13.2. The Hall–Kier alpha value is -0.970. The molecule has 1 aromatic rings. The number of nitrogens with two attached hydrogens (primary N) is 1. The van der Waals surface area contributed by atoms with E-state index in [1.165, 1.54) is 19.1 Å². The van der Waals surface area contributed by atoms with E-state index in [1.807, 2.05) is 0 Å². The van der Waals surface area contributed by atoms with Gasteiger partial charge in [-0.2, -0.15) is 0 Å². The molecule has 4 N–H and O–H groups in total. The van der Waals surface area contributed by atoms with Crippen molar-refractivity contribution in [1.29, 1.82) is 0 Å². The van der Waals surface area contributed by atoms with Crippen LogP contribution in [0, 0.1) is 5.82 Å². The van der Waals surface area contributed by atoms with Gasteiger partial charge in [0.15, 0.2) is 0 Å². The Balaban J connectivity index is 2.99. The highest BCUT2D eigenvalue weighted by Crippen LogP contribution is 2.21. The number of halogens is 1. The smallest absolute Gasteiger partial charge is 0.129 e. The van der Waals surface area contributed by atoms with Crippen molar-refractivity contribution in [2.75, 3.05) is 6.54 Å². The predicted molar refractivity (Wildman–Crippen MR) is 48.2 cm³/mol. The van der Waals surface area contributed by atoms with Crippen LogP contribution in [0.5, 0.6) is 0 Å². The predicted octanol–water partition coefficient (Wildman–Crippen LogP) is 0.496. The molecule has 13 heavy (non-hydrogen) atoms. The number of nitrogens with one attached hydrogen (secondary N) is 1. The van der Waals surface area contributed by atoms with Crippen molar-refractivity contribution in [2.45, 2.75) is 12.5 Å². The maximum Gasteiger partial charge on any atom is 0.129 e. The van der Waals surface area contributed by atoms with E-state index < -0.39 is 11.4 Å². The third-order valence-corrected chi connectivity index (χ3v) is 1.90. The van der Waals surface area contributed by atoms with Crippen LogP contribution in [0.2, 0.25) is 0 Å². The summed E-state index contributed by atoms with van der Waals surface area (Å²) < 4.78 is 13.2. The van der Waals surface area contributed by atoms with Crippen molar-refractivity contribution in [1.82, 2.24) is 5.43 Å². The van der Waals surface area contributed by atoms with Gasteiger partial charge in [-0.3, -0.25) is 11.3 Å². The van der Waals surface area contributed by atoms with E-state index in [-0.39, 0.29) is 12.1 Å². The average Bonchev–Trinajstić information content (AvgIpc) is 2.04. The molecule has 4 heteroatoms. The monoisotopic (exact) mass is 184 g/mol. The van der Waals surface area contributed by atoms with Gasteiger partial charge >= 0.3 is 0 Å². The van der Waals surface area contributed by atoms with Crippen molar-refractivity contribution in [2.24, 2.45) is 5.84 Å². The first-order valence-electron chi connectivity index (χ1n) is 3.99. The highest BCUT2D eigenvalue weighted by Gasteiger charge is 2.25. The fourth-order valence-electron chi connectivity index (χ4n) is 1.19. The molecule has 0 heterocycles. The molecule has 72 valence electrons. The van der Waals surface area contributed by atoms with Gasteiger partial charge in [0.1, 0.15) is 11.4 Å². The fraction of sp³-hybridized carbons (Fsp3) is 0.333. The Kier molecular flexibility index (Phi) is 2.98. The van der Waals surface area contributed by atoms with Gasteiger partial charge in [0.05, 0.1) is 0 Å². The number of hydrazine groups is 1. The Labute approximate surface area is 76.3 Å². The summed E-state index contributed by atoms with van der Waals surface area (Å²) >= 11 is 0. The van der Waals surface area contributed by atoms with Gasteiger partial charge in [0.25, 0.3) is 0 Å². The molecule has 0 spiro atoms. The standard InChI is InChI=1S/C9H13FN2O/c1-9(13,6-12-11)7-4-2-3-5-8(7)10/h2-5,12-13H,6,11H2,1H3. The van der Waals surface area contributed by atoms with Crippen molar-refractivity contribution in [3.05, 3.63) is 35.6 Å². The van der Waals surface area contributed by atoms with Crippen LogP contribution in [0.25, 0.3) is 0 Å². The average molecular weight is 184 g/mol. The molecule has 3 nitrogen and oxygen atoms in total. The third kappa shape index (κ3) is 2.24. The largest absolute Gasteiger partial charge is 0.384 e. The number of hydrogen-bond acceptors (Lipinski definition) is 3. The quantitative estimate of drug-likeness (QED) is 0.473. The second-order valence-corrected chi connectivity index (χ2v) is 3.13. The van der Waals surface area contributed by atoms with E-state index in [9.17, 15) is 9.50 Å². The molecule has 0 saturated heterocycles. The van der Waals surface area contributed by atoms with Crippen LogP contribution in [-0.4, -0.2) is 11.7 Å². The highest BCUT2D eigenvalue weighted by molar-refractivity contribution is 5.23. The van der Waals surface area contributed by atoms with E-state index in [0.717, 1.165) is 0 Å². The Bertz CT molecular complexity index is 289. The van der Waals surface area contributed by atoms with Crippen LogP contribution >= 0.6 is 0 Å². The van der Waals surface area contributed by atoms with Gasteiger partial charge in [-0.25, -0.2) is 4.39 Å². The zero-order valence-corrected chi connectivity index (χ0v) is 7.42. The first kappa shape index (κ1) is 10.1. The van der Waals surface area contributed by atoms with E-state index in [4.69, 9.17) is 5.84 Å². The summed E-state index contributed by atoms with van der Waals surface area (Å²) in [6, 6.07) is 6.08. The Morgan fingerprint density at radius 3 is 2.69 bits per heavy atom. The number of benzene rings is 1. The lowest BCUT2D eigenvalue weighted by Gasteiger charge is -2.23. The fourth-order valence-corrected chi connectivity index (χ4v) is 1.19. The summed E-state index contributed by atoms with van der Waals surface area (Å²) in [5.74, 6) is 4.64. The molecule has 0 aromatic heterocycles. The zero-order valence-electron chi connectivity index (χ0n) is 7.42. The van der Waals surface area contributed by atoms with E-state index in [0.29, 0.717) is 0 Å². The summed E-state index contributed by atoms with van der Waals surface area (Å²) in [5.41, 5.74) is 1.28. The SMILES string of the molecule is CC(O)(CNN)c1ccccc1F. The van der Waals surface area contributed by atoms with Crippen LogP contribution < -0.4 is 11.3 Å². The minimum absolute atomic E-state index is 0.105. The second kappa shape index (κ2) is 3.83. The normalized spacial score (nSPS) is 15.4. The van der Waals surface area contributed by atoms with Crippen LogP contribution in [-0.2, 0) is 5.60 Å². The van der Waals surface area contributed by atoms with Gasteiger partial charge in [0, 0.05) is 12.1 Å². The highest BCUT2D eigenvalue weighted by atomic mass is 19.1. The minimum Gasteiger partial charge on any atom is -0.384 e. The summed E-state index contributed by atoms with van der Waals surface area (Å²) in [6.07, 6.45) is 0. The molecular weight excluding hydrogens is 171 g/mol. The lowest BCUT2D eigenvalue weighted by atomic mass is 9.96. The van der Waals surface area contributed by atoms with Crippen LogP contribution in [0.1, 0.15) is 12.5 Å². The molecule has 0 aliphatic heterocycles. The van der Waals surface area contributed by atoms with Gasteiger partial charge in [-0.05, 0) is 13.0 Å². The molecule has 0 aliphatic carbocycles. The summed E-state index contributed by atoms with van der Waals surface area (Å²) in [6.45, 7) is 1.61. The molecule has 0 aliphatic rings. The number of aliphatic hydroxyl groups is 1. The van der Waals surface area contributed by atoms with Crippen molar-refractivity contribution < 1.29 is 9.50 Å². The molecule has 1 rings (SSSR count). The molecule has 0 amide bonds. The van der Waals surface area contributed by atoms with Crippen molar-refractivity contribution >= 4 is 0 Å². The lowest BCUT2D eigenvalue weighted by Crippen LogP contribution is -2.39. The van der Waals surface area contributed by atoms with Crippen LogP contribution in [0.3, 0.4) is 0 Å². The van der Waals surface area contributed by atoms with Gasteiger partial charge in [0.2, 0.25) is 0 Å². The van der Waals surface area contributed by atoms with Crippen molar-refractivity contribution in [3.8, 4) is 0 Å². The summed E-state index contributed by atoms with van der Waals surface area (Å²) in [5, 5.41) is 9.78. The minimum atomic E-state index is -1.28. The maximum atomic E-state index is 13.2. The third-order valence-electron chi connectivity index (χ3n) is 1.90. The van der Waals surface area contributed by atoms with Crippen LogP contribution in [0.4, 0.5) is 4.39 Å². The Morgan fingerprint density at radius 2 is 2.15 bits per heavy atom. The van der Waals surface area contributed by atoms with Gasteiger partial charge < -0.3 is 5.11 Å². The number of hydrogen-bond donors (Lipinski definition) is 3. The molecular formula is C9H13FN2O. The lowest BCUT2D eigenvalue weighted by molar-refractivity contribution is 0.0535. The van der Waals surface area contributed by atoms with E-state index in [2.05, 4.69) is 5.43 Å². The zero-order chi connectivity index (χ0) is 9.90.